The molecule has 0 aromatic carbocycles. The van der Waals surface area contributed by atoms with E-state index in [-0.39, 0.29) is 0 Å². The standard InChI is InChI=1S/C19H39NO2/c1-2-3-4-5-6-7-8-9-10-12-15-20(18-19-22-21)16-13-11-14-17-20/h2-19H2,1H3/p+1. The molecule has 1 heterocycles. The van der Waals surface area contributed by atoms with Crippen molar-refractivity contribution in [1.29, 1.82) is 0 Å². The molecule has 0 unspecified atom stereocenters. The number of hydrogen-bond donors (Lipinski definition) is 1. The number of nitrogens with zero attached hydrogens (tertiary/aromatic N) is 1. The minimum Gasteiger partial charge on any atom is -0.322 e. The van der Waals surface area contributed by atoms with Gasteiger partial charge >= 0.3 is 0 Å². The van der Waals surface area contributed by atoms with Crippen molar-refractivity contribution in [1.82, 2.24) is 0 Å². The van der Waals surface area contributed by atoms with Crippen molar-refractivity contribution in [2.24, 2.45) is 0 Å². The summed E-state index contributed by atoms with van der Waals surface area (Å²) in [4.78, 5) is 4.35. The SMILES string of the molecule is CCCCCCCCCCCC[N+]1(CCOO)CCCCC1. The molecule has 0 atom stereocenters. The average Bonchev–Trinajstić information content (AvgIpc) is 2.56. The Hall–Kier alpha value is -0.120. The first-order chi connectivity index (χ1) is 10.8. The van der Waals surface area contributed by atoms with Crippen LogP contribution in [0.2, 0.25) is 0 Å². The maximum atomic E-state index is 8.65. The maximum absolute atomic E-state index is 8.65. The predicted molar refractivity (Wildman–Crippen MR) is 94.0 cm³/mol. The fourth-order valence-electron chi connectivity index (χ4n) is 3.91. The predicted octanol–water partition coefficient (Wildman–Crippen LogP) is 5.40. The monoisotopic (exact) mass is 314 g/mol. The van der Waals surface area contributed by atoms with Crippen LogP contribution >= 0.6 is 0 Å². The largest absolute Gasteiger partial charge is 0.322 e. The van der Waals surface area contributed by atoms with Gasteiger partial charge in [-0.25, -0.2) is 4.89 Å². The van der Waals surface area contributed by atoms with E-state index >= 15 is 0 Å². The average molecular weight is 315 g/mol. The molecule has 0 aliphatic carbocycles. The van der Waals surface area contributed by atoms with Crippen molar-refractivity contribution in [3.8, 4) is 0 Å². The lowest BCUT2D eigenvalue weighted by molar-refractivity contribution is -0.933. The molecule has 0 aromatic heterocycles. The van der Waals surface area contributed by atoms with Gasteiger partial charge in [0.1, 0.15) is 13.2 Å². The molecule has 0 bridgehead atoms. The van der Waals surface area contributed by atoms with E-state index < -0.39 is 0 Å². The second-order valence-corrected chi connectivity index (χ2v) is 7.31. The number of hydrogen-bond acceptors (Lipinski definition) is 2. The Bertz CT molecular complexity index is 240. The first kappa shape index (κ1) is 19.9. The number of quaternary nitrogens is 1. The molecular formula is C19H40NO2+. The quantitative estimate of drug-likeness (QED) is 0.201. The molecule has 1 saturated heterocycles. The van der Waals surface area contributed by atoms with Gasteiger partial charge in [-0.1, -0.05) is 58.3 Å². The van der Waals surface area contributed by atoms with E-state index in [1.54, 1.807) is 0 Å². The van der Waals surface area contributed by atoms with E-state index in [2.05, 4.69) is 11.8 Å². The zero-order valence-corrected chi connectivity index (χ0v) is 15.0. The highest BCUT2D eigenvalue weighted by Crippen LogP contribution is 2.20. The van der Waals surface area contributed by atoms with Crippen LogP contribution < -0.4 is 0 Å². The van der Waals surface area contributed by atoms with Crippen molar-refractivity contribution < 1.29 is 14.6 Å². The van der Waals surface area contributed by atoms with E-state index in [0.717, 1.165) is 6.54 Å². The van der Waals surface area contributed by atoms with Crippen LogP contribution in [0.3, 0.4) is 0 Å². The molecule has 22 heavy (non-hydrogen) atoms. The van der Waals surface area contributed by atoms with Crippen LogP contribution in [-0.4, -0.2) is 42.5 Å². The Morgan fingerprint density at radius 1 is 0.727 bits per heavy atom. The first-order valence-electron chi connectivity index (χ1n) is 9.94. The molecule has 132 valence electrons. The minimum absolute atomic E-state index is 0.498. The summed E-state index contributed by atoms with van der Waals surface area (Å²) >= 11 is 0. The Balaban J connectivity index is 2.01. The van der Waals surface area contributed by atoms with E-state index in [4.69, 9.17) is 5.26 Å². The lowest BCUT2D eigenvalue weighted by Crippen LogP contribution is -2.53. The van der Waals surface area contributed by atoms with Crippen molar-refractivity contribution in [2.75, 3.05) is 32.8 Å². The van der Waals surface area contributed by atoms with E-state index in [9.17, 15) is 0 Å². The fraction of sp³-hybridized carbons (Fsp3) is 1.00. The van der Waals surface area contributed by atoms with Gasteiger partial charge in [0, 0.05) is 0 Å². The Morgan fingerprint density at radius 3 is 1.82 bits per heavy atom. The lowest BCUT2D eigenvalue weighted by atomic mass is 10.0. The third-order valence-corrected chi connectivity index (χ3v) is 5.41. The molecule has 1 rings (SSSR count). The van der Waals surface area contributed by atoms with E-state index in [0.29, 0.717) is 6.61 Å². The highest BCUT2D eigenvalue weighted by Gasteiger charge is 2.28. The summed E-state index contributed by atoms with van der Waals surface area (Å²) in [5, 5.41) is 8.65. The Kier molecular flexibility index (Phi) is 12.1. The summed E-state index contributed by atoms with van der Waals surface area (Å²) in [5.41, 5.74) is 0. The molecule has 1 aliphatic heterocycles. The number of piperidine rings is 1. The van der Waals surface area contributed by atoms with Crippen LogP contribution in [0.15, 0.2) is 0 Å². The smallest absolute Gasteiger partial charge is 0.131 e. The summed E-state index contributed by atoms with van der Waals surface area (Å²) < 4.78 is 1.19. The van der Waals surface area contributed by atoms with Gasteiger partial charge < -0.3 is 4.48 Å². The zero-order valence-electron chi connectivity index (χ0n) is 15.0. The molecule has 3 heteroatoms. The van der Waals surface area contributed by atoms with Crippen LogP contribution in [0, 0.1) is 0 Å². The van der Waals surface area contributed by atoms with E-state index in [1.165, 1.54) is 108 Å². The second kappa shape index (κ2) is 13.3. The van der Waals surface area contributed by atoms with Gasteiger partial charge in [0.05, 0.1) is 19.6 Å². The van der Waals surface area contributed by atoms with Crippen molar-refractivity contribution >= 4 is 0 Å². The van der Waals surface area contributed by atoms with Crippen LogP contribution in [0.4, 0.5) is 0 Å². The fourth-order valence-corrected chi connectivity index (χ4v) is 3.91. The van der Waals surface area contributed by atoms with Gasteiger partial charge in [-0.3, -0.25) is 5.26 Å². The molecule has 0 aromatic rings. The lowest BCUT2D eigenvalue weighted by Gasteiger charge is -2.41. The van der Waals surface area contributed by atoms with E-state index in [1.807, 2.05) is 0 Å². The zero-order chi connectivity index (χ0) is 15.9. The Labute approximate surface area is 138 Å². The molecule has 0 radical (unpaired) electrons. The van der Waals surface area contributed by atoms with Crippen LogP contribution in [-0.2, 0) is 4.89 Å². The third-order valence-electron chi connectivity index (χ3n) is 5.41. The van der Waals surface area contributed by atoms with Gasteiger partial charge in [0.25, 0.3) is 0 Å². The Morgan fingerprint density at radius 2 is 1.27 bits per heavy atom. The summed E-state index contributed by atoms with van der Waals surface area (Å²) in [6, 6.07) is 0. The van der Waals surface area contributed by atoms with Gasteiger partial charge in [0.15, 0.2) is 0 Å². The first-order valence-corrected chi connectivity index (χ1v) is 9.94. The molecule has 1 N–H and O–H groups in total. The number of unbranched alkanes of at least 4 members (excludes halogenated alkanes) is 9. The second-order valence-electron chi connectivity index (χ2n) is 7.31. The molecule has 0 saturated carbocycles. The van der Waals surface area contributed by atoms with Crippen LogP contribution in [0.1, 0.15) is 90.4 Å². The van der Waals surface area contributed by atoms with Gasteiger partial charge in [0.2, 0.25) is 0 Å². The molecule has 3 nitrogen and oxygen atoms in total. The highest BCUT2D eigenvalue weighted by molar-refractivity contribution is 4.56. The van der Waals surface area contributed by atoms with Crippen LogP contribution in [0.25, 0.3) is 0 Å². The van der Waals surface area contributed by atoms with Gasteiger partial charge in [-0.15, -0.1) is 0 Å². The van der Waals surface area contributed by atoms with Gasteiger partial charge in [-0.2, -0.15) is 0 Å². The molecule has 0 spiro atoms. The van der Waals surface area contributed by atoms with Crippen molar-refractivity contribution in [3.05, 3.63) is 0 Å². The summed E-state index contributed by atoms with van der Waals surface area (Å²) in [6.07, 6.45) is 18.2. The van der Waals surface area contributed by atoms with Crippen molar-refractivity contribution in [2.45, 2.75) is 90.4 Å². The van der Waals surface area contributed by atoms with Gasteiger partial charge in [-0.05, 0) is 32.1 Å². The molecule has 1 aliphatic rings. The molecular weight excluding hydrogens is 274 g/mol. The maximum Gasteiger partial charge on any atom is 0.131 e. The van der Waals surface area contributed by atoms with Crippen molar-refractivity contribution in [3.63, 3.8) is 0 Å². The summed E-state index contributed by atoms with van der Waals surface area (Å²) in [6.45, 7) is 7.65. The number of rotatable bonds is 14. The van der Waals surface area contributed by atoms with Crippen LogP contribution in [0.5, 0.6) is 0 Å². The summed E-state index contributed by atoms with van der Waals surface area (Å²) in [7, 11) is 0. The summed E-state index contributed by atoms with van der Waals surface area (Å²) in [5.74, 6) is 0. The highest BCUT2D eigenvalue weighted by atomic mass is 17.1. The third kappa shape index (κ3) is 9.12. The normalized spacial score (nSPS) is 17.7. The topological polar surface area (TPSA) is 29.5 Å². The molecule has 1 fully saturated rings. The number of likely N-dealkylation sites (tertiary alicyclic amines) is 1. The molecule has 0 amide bonds. The minimum atomic E-state index is 0.498.